The van der Waals surface area contributed by atoms with Gasteiger partial charge in [-0.25, -0.2) is 4.79 Å². The topological polar surface area (TPSA) is 81.7 Å². The second kappa shape index (κ2) is 16.6. The summed E-state index contributed by atoms with van der Waals surface area (Å²) in [6.45, 7) is 4.50. The van der Waals surface area contributed by atoms with E-state index in [0.29, 0.717) is 24.4 Å². The Balaban J connectivity index is 0.000000582. The largest absolute Gasteiger partial charge is 0.490 e. The number of carbonyl (C=O) groups is 2. The highest BCUT2D eigenvalue weighted by Crippen LogP contribution is 2.49. The number of nitrogens with zero attached hydrogens (tertiary/aromatic N) is 1. The van der Waals surface area contributed by atoms with E-state index < -0.39 is 12.1 Å². The van der Waals surface area contributed by atoms with Gasteiger partial charge in [0, 0.05) is 25.0 Å². The molecule has 0 radical (unpaired) electrons. The molecule has 2 atom stereocenters. The highest BCUT2D eigenvalue weighted by molar-refractivity contribution is 5.83. The summed E-state index contributed by atoms with van der Waals surface area (Å²) < 4.78 is 31.7. The number of rotatable bonds is 11. The van der Waals surface area contributed by atoms with E-state index in [0.717, 1.165) is 51.9 Å². The first kappa shape index (κ1) is 34.9. The highest BCUT2D eigenvalue weighted by atomic mass is 19.4. The third-order valence-electron chi connectivity index (χ3n) is 8.97. The lowest BCUT2D eigenvalue weighted by Crippen LogP contribution is -2.46. The number of piperidine rings is 1. The number of halogens is 3. The Morgan fingerprint density at radius 2 is 1.31 bits per heavy atom. The predicted molar refractivity (Wildman–Crippen MR) is 181 cm³/mol. The van der Waals surface area contributed by atoms with Crippen LogP contribution in [0, 0.1) is 5.92 Å². The van der Waals surface area contributed by atoms with Gasteiger partial charge in [0.05, 0.1) is 0 Å². The zero-order chi connectivity index (χ0) is 33.9. The number of carbonyl (C=O) groups excluding carboxylic acids is 1. The fraction of sp³-hybridized carbons (Fsp3) is 0.333. The summed E-state index contributed by atoms with van der Waals surface area (Å²) in [5.74, 6) is -1.93. The van der Waals surface area contributed by atoms with Crippen LogP contribution in [-0.2, 0) is 29.1 Å². The molecule has 2 aliphatic rings. The highest BCUT2D eigenvalue weighted by Gasteiger charge is 2.46. The van der Waals surface area contributed by atoms with E-state index >= 15 is 0 Å². The summed E-state index contributed by atoms with van der Waals surface area (Å²) in [5, 5.41) is 14.1. The van der Waals surface area contributed by atoms with Gasteiger partial charge in [0.25, 0.3) is 0 Å². The third kappa shape index (κ3) is 10.0. The molecule has 48 heavy (non-hydrogen) atoms. The number of hydrogen-bond acceptors (Lipinski definition) is 4. The molecule has 6 nitrogen and oxygen atoms in total. The molecule has 1 aliphatic heterocycles. The Morgan fingerprint density at radius 1 is 0.771 bits per heavy atom. The van der Waals surface area contributed by atoms with Gasteiger partial charge < -0.3 is 20.6 Å². The van der Waals surface area contributed by atoms with Crippen molar-refractivity contribution in [3.63, 3.8) is 0 Å². The lowest BCUT2D eigenvalue weighted by atomic mass is 10.00. The molecule has 0 spiro atoms. The van der Waals surface area contributed by atoms with Crippen LogP contribution in [0.3, 0.4) is 0 Å². The van der Waals surface area contributed by atoms with Crippen molar-refractivity contribution in [1.29, 1.82) is 0 Å². The van der Waals surface area contributed by atoms with E-state index in [4.69, 9.17) is 9.90 Å². The molecular formula is C39H42F3N3O3. The molecule has 2 fully saturated rings. The van der Waals surface area contributed by atoms with Gasteiger partial charge in [-0.2, -0.15) is 13.2 Å². The maximum atomic E-state index is 13.8. The van der Waals surface area contributed by atoms with Crippen molar-refractivity contribution in [2.24, 2.45) is 5.92 Å². The van der Waals surface area contributed by atoms with Gasteiger partial charge in [-0.15, -0.1) is 0 Å². The standard InChI is InChI=1S/C37H41N3O.C2HF3O2/c41-37(36-25-35(36)33-9-5-2-6-10-33)40(34-20-23-38-24-21-34)27-30-13-17-32(18-14-30)31-15-11-29(12-16-31)26-39-22-19-28-7-3-1-4-8-28;3-2(4,5)1(6)7/h1-18,34-36,38-39H,19-27H2;(H,6,7). The minimum Gasteiger partial charge on any atom is -0.475 e. The molecule has 0 aromatic heterocycles. The molecule has 252 valence electrons. The quantitative estimate of drug-likeness (QED) is 0.149. The first-order valence-electron chi connectivity index (χ1n) is 16.5. The van der Waals surface area contributed by atoms with Gasteiger partial charge in [0.15, 0.2) is 0 Å². The average molecular weight is 658 g/mol. The molecule has 3 N–H and O–H groups in total. The maximum Gasteiger partial charge on any atom is 0.490 e. The van der Waals surface area contributed by atoms with Gasteiger partial charge >= 0.3 is 12.1 Å². The van der Waals surface area contributed by atoms with Crippen LogP contribution in [0.15, 0.2) is 109 Å². The van der Waals surface area contributed by atoms with Crippen LogP contribution in [0.4, 0.5) is 13.2 Å². The molecule has 2 unspecified atom stereocenters. The number of amides is 1. The maximum absolute atomic E-state index is 13.8. The smallest absolute Gasteiger partial charge is 0.475 e. The van der Waals surface area contributed by atoms with Crippen molar-refractivity contribution < 1.29 is 27.9 Å². The van der Waals surface area contributed by atoms with E-state index in [1.54, 1.807) is 0 Å². The number of carboxylic acids is 1. The number of aliphatic carboxylic acids is 1. The van der Waals surface area contributed by atoms with Crippen LogP contribution in [-0.4, -0.2) is 53.7 Å². The zero-order valence-electron chi connectivity index (χ0n) is 26.8. The van der Waals surface area contributed by atoms with Crippen molar-refractivity contribution in [3.05, 3.63) is 131 Å². The molecule has 4 aromatic carbocycles. The molecule has 6 rings (SSSR count). The number of hydrogen-bond donors (Lipinski definition) is 3. The van der Waals surface area contributed by atoms with E-state index in [-0.39, 0.29) is 5.92 Å². The van der Waals surface area contributed by atoms with Crippen LogP contribution < -0.4 is 10.6 Å². The van der Waals surface area contributed by atoms with Crippen LogP contribution in [0.5, 0.6) is 0 Å². The van der Waals surface area contributed by atoms with Crippen molar-refractivity contribution in [2.45, 2.75) is 56.9 Å². The number of carboxylic acid groups (broad SMARTS) is 1. The van der Waals surface area contributed by atoms with Gasteiger partial charge in [-0.1, -0.05) is 109 Å². The Hall–Kier alpha value is -4.47. The monoisotopic (exact) mass is 657 g/mol. The molecule has 1 saturated carbocycles. The van der Waals surface area contributed by atoms with Gasteiger partial charge in [0.2, 0.25) is 5.91 Å². The SMILES string of the molecule is O=C(C1CC1c1ccccc1)N(Cc1ccc(-c2ccc(CNCCc3ccccc3)cc2)cc1)C1CCNCC1.O=C(O)C(F)(F)F. The summed E-state index contributed by atoms with van der Waals surface area (Å²) >= 11 is 0. The Morgan fingerprint density at radius 3 is 1.88 bits per heavy atom. The minimum atomic E-state index is -5.08. The average Bonchev–Trinajstić information content (AvgIpc) is 3.92. The molecule has 1 heterocycles. The lowest BCUT2D eigenvalue weighted by molar-refractivity contribution is -0.192. The molecule has 1 saturated heterocycles. The molecule has 4 aromatic rings. The fourth-order valence-corrected chi connectivity index (χ4v) is 6.18. The molecule has 1 aliphatic carbocycles. The number of benzene rings is 4. The van der Waals surface area contributed by atoms with Gasteiger partial charge in [-0.3, -0.25) is 4.79 Å². The molecule has 9 heteroatoms. The van der Waals surface area contributed by atoms with E-state index in [9.17, 15) is 18.0 Å². The third-order valence-corrected chi connectivity index (χ3v) is 8.97. The fourth-order valence-electron chi connectivity index (χ4n) is 6.18. The molecular weight excluding hydrogens is 615 g/mol. The Kier molecular flexibility index (Phi) is 12.0. The predicted octanol–water partition coefficient (Wildman–Crippen LogP) is 7.20. The van der Waals surface area contributed by atoms with Crippen molar-refractivity contribution in [3.8, 4) is 11.1 Å². The zero-order valence-corrected chi connectivity index (χ0v) is 26.8. The van der Waals surface area contributed by atoms with Crippen LogP contribution in [0.2, 0.25) is 0 Å². The number of nitrogens with one attached hydrogen (secondary N) is 2. The Bertz CT molecular complexity index is 1590. The van der Waals surface area contributed by atoms with E-state index in [2.05, 4.69) is 119 Å². The van der Waals surface area contributed by atoms with Crippen LogP contribution in [0.1, 0.15) is 47.4 Å². The number of alkyl halides is 3. The van der Waals surface area contributed by atoms with E-state index in [1.165, 1.54) is 33.4 Å². The van der Waals surface area contributed by atoms with Gasteiger partial charge in [-0.05, 0) is 84.6 Å². The summed E-state index contributed by atoms with van der Waals surface area (Å²) in [5.41, 5.74) is 7.60. The molecule has 0 bridgehead atoms. The summed E-state index contributed by atoms with van der Waals surface area (Å²) in [7, 11) is 0. The Labute approximate surface area is 280 Å². The summed E-state index contributed by atoms with van der Waals surface area (Å²) in [6, 6.07) is 39.2. The second-order valence-corrected chi connectivity index (χ2v) is 12.4. The van der Waals surface area contributed by atoms with Gasteiger partial charge in [0.1, 0.15) is 0 Å². The first-order chi connectivity index (χ1) is 23.2. The second-order valence-electron chi connectivity index (χ2n) is 12.4. The summed E-state index contributed by atoms with van der Waals surface area (Å²) in [6.07, 6.45) is -1.01. The van der Waals surface area contributed by atoms with Crippen molar-refractivity contribution >= 4 is 11.9 Å². The summed E-state index contributed by atoms with van der Waals surface area (Å²) in [4.78, 5) is 24.9. The van der Waals surface area contributed by atoms with Crippen LogP contribution in [0.25, 0.3) is 11.1 Å². The van der Waals surface area contributed by atoms with Crippen molar-refractivity contribution in [1.82, 2.24) is 15.5 Å². The normalized spacial score (nSPS) is 17.6. The van der Waals surface area contributed by atoms with Crippen LogP contribution >= 0.6 is 0 Å². The van der Waals surface area contributed by atoms with Crippen molar-refractivity contribution in [2.75, 3.05) is 19.6 Å². The minimum absolute atomic E-state index is 0.123. The van der Waals surface area contributed by atoms with E-state index in [1.807, 2.05) is 6.07 Å². The molecule has 1 amide bonds. The first-order valence-corrected chi connectivity index (χ1v) is 16.5. The lowest BCUT2D eigenvalue weighted by Gasteiger charge is -2.35.